The molecule has 1 fully saturated rings. The maximum Gasteiger partial charge on any atom is 0.412 e. The van der Waals surface area contributed by atoms with Gasteiger partial charge in [-0.2, -0.15) is 0 Å². The average Bonchev–Trinajstić information content (AvgIpc) is 2.86. The Morgan fingerprint density at radius 1 is 0.950 bits per heavy atom. The lowest BCUT2D eigenvalue weighted by molar-refractivity contribution is -0.172. The highest BCUT2D eigenvalue weighted by Crippen LogP contribution is 2.38. The lowest BCUT2D eigenvalue weighted by atomic mass is 10.1. The number of nitrogens with one attached hydrogen (secondary N) is 2. The van der Waals surface area contributed by atoms with Crippen molar-refractivity contribution in [2.45, 2.75) is 77.9 Å². The van der Waals surface area contributed by atoms with Crippen molar-refractivity contribution in [3.05, 3.63) is 17.7 Å². The van der Waals surface area contributed by atoms with Crippen LogP contribution in [-0.2, 0) is 19.0 Å². The minimum atomic E-state index is -1.43. The number of ether oxygens (including phenoxy) is 6. The third-order valence-electron chi connectivity index (χ3n) is 5.81. The number of nitrogens with zero attached hydrogens (tertiary/aromatic N) is 1. The number of carbonyl (C=O) groups excluding carboxylic acids is 4. The van der Waals surface area contributed by atoms with Crippen LogP contribution in [0.5, 0.6) is 17.2 Å². The topological polar surface area (TPSA) is 151 Å². The molecule has 0 aromatic heterocycles. The SMILES string of the molecule is COc1cc(C(=O)NC2CCCN(C(=O)OC(C)OC(=O)C(C)(C)NC(=O)OC(C)(C)C)C2)cc(OC)c1OC. The summed E-state index contributed by atoms with van der Waals surface area (Å²) in [5.41, 5.74) is -1.87. The van der Waals surface area contributed by atoms with Crippen LogP contribution in [0.15, 0.2) is 12.1 Å². The van der Waals surface area contributed by atoms with Gasteiger partial charge in [-0.15, -0.1) is 0 Å². The Bertz CT molecular complexity index is 1060. The van der Waals surface area contributed by atoms with E-state index in [1.165, 1.54) is 47.0 Å². The molecule has 0 aliphatic carbocycles. The van der Waals surface area contributed by atoms with Crippen LogP contribution in [0, 0.1) is 0 Å². The van der Waals surface area contributed by atoms with Crippen LogP contribution in [-0.4, -0.2) is 86.9 Å². The Balaban J connectivity index is 1.95. The molecule has 1 aliphatic heterocycles. The Hall–Kier alpha value is -3.90. The molecule has 1 saturated heterocycles. The molecule has 224 valence electrons. The van der Waals surface area contributed by atoms with Crippen LogP contribution >= 0.6 is 0 Å². The molecule has 2 atom stereocenters. The number of carbonyl (C=O) groups is 4. The number of amides is 3. The molecule has 40 heavy (non-hydrogen) atoms. The second kappa shape index (κ2) is 13.4. The van der Waals surface area contributed by atoms with Crippen molar-refractivity contribution in [3.63, 3.8) is 0 Å². The average molecular weight is 568 g/mol. The summed E-state index contributed by atoms with van der Waals surface area (Å²) < 4.78 is 31.6. The highest BCUT2D eigenvalue weighted by molar-refractivity contribution is 5.96. The number of esters is 1. The largest absolute Gasteiger partial charge is 0.493 e. The van der Waals surface area contributed by atoms with Crippen molar-refractivity contribution >= 4 is 24.1 Å². The predicted molar refractivity (Wildman–Crippen MR) is 144 cm³/mol. The van der Waals surface area contributed by atoms with Crippen molar-refractivity contribution in [1.82, 2.24) is 15.5 Å². The summed E-state index contributed by atoms with van der Waals surface area (Å²) >= 11 is 0. The zero-order valence-electron chi connectivity index (χ0n) is 24.7. The molecular formula is C27H41N3O10. The van der Waals surface area contributed by atoms with Gasteiger partial charge in [-0.05, 0) is 59.6 Å². The first-order valence-corrected chi connectivity index (χ1v) is 12.9. The number of piperidine rings is 1. The van der Waals surface area contributed by atoms with Crippen LogP contribution in [0.2, 0.25) is 0 Å². The Morgan fingerprint density at radius 3 is 2.08 bits per heavy atom. The van der Waals surface area contributed by atoms with Crippen LogP contribution < -0.4 is 24.8 Å². The van der Waals surface area contributed by atoms with Crippen molar-refractivity contribution in [2.24, 2.45) is 0 Å². The number of hydrogen-bond acceptors (Lipinski definition) is 10. The number of benzene rings is 1. The molecule has 1 aromatic rings. The first-order valence-electron chi connectivity index (χ1n) is 12.9. The lowest BCUT2D eigenvalue weighted by Gasteiger charge is -2.33. The van der Waals surface area contributed by atoms with E-state index in [4.69, 9.17) is 28.4 Å². The summed E-state index contributed by atoms with van der Waals surface area (Å²) in [5.74, 6) is -0.135. The molecule has 1 aromatic carbocycles. The van der Waals surface area contributed by atoms with Gasteiger partial charge < -0.3 is 44.0 Å². The summed E-state index contributed by atoms with van der Waals surface area (Å²) in [7, 11) is 4.39. The van der Waals surface area contributed by atoms with Gasteiger partial charge in [0.15, 0.2) is 11.5 Å². The van der Waals surface area contributed by atoms with E-state index in [1.807, 2.05) is 0 Å². The van der Waals surface area contributed by atoms with E-state index in [0.717, 1.165) is 0 Å². The second-order valence-electron chi connectivity index (χ2n) is 10.8. The lowest BCUT2D eigenvalue weighted by Crippen LogP contribution is -2.53. The van der Waals surface area contributed by atoms with E-state index in [0.29, 0.717) is 42.2 Å². The van der Waals surface area contributed by atoms with Crippen molar-refractivity contribution < 1.29 is 47.6 Å². The third kappa shape index (κ3) is 9.09. The van der Waals surface area contributed by atoms with Crippen molar-refractivity contribution in [2.75, 3.05) is 34.4 Å². The first-order chi connectivity index (χ1) is 18.6. The molecular weight excluding hydrogens is 526 g/mol. The molecule has 0 spiro atoms. The van der Waals surface area contributed by atoms with Gasteiger partial charge in [0, 0.05) is 31.6 Å². The first kappa shape index (κ1) is 32.3. The van der Waals surface area contributed by atoms with Gasteiger partial charge in [0.05, 0.1) is 21.3 Å². The number of likely N-dealkylation sites (tertiary alicyclic amines) is 1. The number of alkyl carbamates (subject to hydrolysis) is 1. The van der Waals surface area contributed by atoms with Crippen LogP contribution in [0.25, 0.3) is 0 Å². The van der Waals surface area contributed by atoms with E-state index in [1.54, 1.807) is 32.9 Å². The van der Waals surface area contributed by atoms with Gasteiger partial charge >= 0.3 is 18.2 Å². The van der Waals surface area contributed by atoms with Gasteiger partial charge in [0.2, 0.25) is 12.0 Å². The maximum absolute atomic E-state index is 13.0. The summed E-state index contributed by atoms with van der Waals surface area (Å²) in [6.07, 6.45) is -1.45. The smallest absolute Gasteiger partial charge is 0.412 e. The highest BCUT2D eigenvalue weighted by Gasteiger charge is 2.35. The molecule has 1 aliphatic rings. The van der Waals surface area contributed by atoms with Crippen LogP contribution in [0.1, 0.15) is 64.7 Å². The van der Waals surface area contributed by atoms with E-state index in [9.17, 15) is 19.2 Å². The monoisotopic (exact) mass is 567 g/mol. The number of hydrogen-bond donors (Lipinski definition) is 2. The molecule has 2 rings (SSSR count). The summed E-state index contributed by atoms with van der Waals surface area (Å²) in [6, 6.07) is 2.74. The quantitative estimate of drug-likeness (QED) is 0.336. The minimum Gasteiger partial charge on any atom is -0.493 e. The summed E-state index contributed by atoms with van der Waals surface area (Å²) in [5, 5.41) is 5.37. The predicted octanol–water partition coefficient (Wildman–Crippen LogP) is 3.24. The third-order valence-corrected chi connectivity index (χ3v) is 5.81. The Kier molecular flexibility index (Phi) is 10.9. The molecule has 0 bridgehead atoms. The number of methoxy groups -OCH3 is 3. The fourth-order valence-corrected chi connectivity index (χ4v) is 3.89. The fourth-order valence-electron chi connectivity index (χ4n) is 3.89. The molecule has 13 heteroatoms. The molecule has 3 amide bonds. The Morgan fingerprint density at radius 2 is 1.55 bits per heavy atom. The molecule has 0 saturated carbocycles. The van der Waals surface area contributed by atoms with Gasteiger partial charge in [0.1, 0.15) is 11.1 Å². The van der Waals surface area contributed by atoms with Gasteiger partial charge in [-0.1, -0.05) is 0 Å². The van der Waals surface area contributed by atoms with Crippen LogP contribution in [0.3, 0.4) is 0 Å². The zero-order chi connectivity index (χ0) is 30.3. The maximum atomic E-state index is 13.0. The molecule has 0 radical (unpaired) electrons. The molecule has 1 heterocycles. The minimum absolute atomic E-state index is 0.196. The molecule has 13 nitrogen and oxygen atoms in total. The zero-order valence-corrected chi connectivity index (χ0v) is 24.7. The Labute approximate surface area is 234 Å². The molecule has 2 N–H and O–H groups in total. The molecule has 2 unspecified atom stereocenters. The fraction of sp³-hybridized carbons (Fsp3) is 0.630. The van der Waals surface area contributed by atoms with E-state index < -0.39 is 35.6 Å². The van der Waals surface area contributed by atoms with Gasteiger partial charge in [0.25, 0.3) is 5.91 Å². The second-order valence-corrected chi connectivity index (χ2v) is 10.8. The summed E-state index contributed by atoms with van der Waals surface area (Å²) in [6.45, 7) is 9.98. The van der Waals surface area contributed by atoms with Crippen molar-refractivity contribution in [1.29, 1.82) is 0 Å². The van der Waals surface area contributed by atoms with Crippen LogP contribution in [0.4, 0.5) is 9.59 Å². The number of rotatable bonds is 9. The van der Waals surface area contributed by atoms with Gasteiger partial charge in [-0.3, -0.25) is 4.79 Å². The van der Waals surface area contributed by atoms with E-state index in [-0.39, 0.29) is 18.5 Å². The summed E-state index contributed by atoms with van der Waals surface area (Å²) in [4.78, 5) is 51.8. The standard InChI is InChI=1S/C27H41N3O10/c1-16(38-23(32)27(5,6)29-24(33)40-26(2,3)4)39-25(34)30-12-10-11-18(15-30)28-22(31)17-13-19(35-7)21(37-9)20(14-17)36-8/h13-14,16,18H,10-12,15H2,1-9H3,(H,28,31)(H,29,33). The van der Waals surface area contributed by atoms with Crippen molar-refractivity contribution in [3.8, 4) is 17.2 Å². The highest BCUT2D eigenvalue weighted by atomic mass is 16.7. The van der Waals surface area contributed by atoms with E-state index in [2.05, 4.69) is 10.6 Å². The van der Waals surface area contributed by atoms with Gasteiger partial charge in [-0.25, -0.2) is 14.4 Å². The normalized spacial score (nSPS) is 16.2. The van der Waals surface area contributed by atoms with E-state index >= 15 is 0 Å².